The fourth-order valence-electron chi connectivity index (χ4n) is 10.2. The standard InChI is InChI=1S/C53H36N2OS/c1-2-14-33(15-3-1)52-54-46(35-26-28-41-40-20-8-13-25-50(40)57-51(41)31-35)32-47(55-52)39-19-5-4-16-36(39)34-27-29-49-45(30-34)53(44-23-11-12-24-48(44)56-49)42-21-9-6-17-37(42)38-18-7-10-22-43(38)53/h1-9,11-21,23-32,37,42H,10,22H2. The molecule has 0 saturated carbocycles. The molecule has 0 bridgehead atoms. The first kappa shape index (κ1) is 32.6. The van der Waals surface area contributed by atoms with E-state index in [1.165, 1.54) is 42.4 Å². The fraction of sp³-hybridized carbons (Fsp3) is 0.0943. The molecule has 1 aliphatic heterocycles. The molecule has 3 nitrogen and oxygen atoms in total. The van der Waals surface area contributed by atoms with Gasteiger partial charge in [-0.05, 0) is 65.9 Å². The molecule has 8 aromatic rings. The van der Waals surface area contributed by atoms with Crippen molar-refractivity contribution >= 4 is 31.5 Å². The van der Waals surface area contributed by atoms with E-state index in [4.69, 9.17) is 14.7 Å². The molecule has 0 N–H and O–H groups in total. The molecule has 0 amide bonds. The molecule has 270 valence electrons. The van der Waals surface area contributed by atoms with Gasteiger partial charge in [-0.25, -0.2) is 9.97 Å². The first-order valence-corrected chi connectivity index (χ1v) is 20.7. The number of ether oxygens (including phenoxy) is 1. The number of allylic oxidation sites excluding steroid dienone is 8. The summed E-state index contributed by atoms with van der Waals surface area (Å²) in [5.41, 5.74) is 12.4. The summed E-state index contributed by atoms with van der Waals surface area (Å²) < 4.78 is 9.36. The molecule has 12 rings (SSSR count). The normalized spacial score (nSPS) is 20.1. The maximum Gasteiger partial charge on any atom is 0.160 e. The van der Waals surface area contributed by atoms with E-state index in [2.05, 4.69) is 176 Å². The van der Waals surface area contributed by atoms with Crippen molar-refractivity contribution in [1.82, 2.24) is 9.97 Å². The SMILES string of the molecule is C1=CC2C3=C(CCC=C3)C3(c4ccccc4Oc4ccc(-c5ccccc5-c5cc(-c6ccc7c(c6)sc6ccccc67)nc(-c6ccccc6)n5)cc43)C2C=C1. The van der Waals surface area contributed by atoms with Crippen molar-refractivity contribution in [2.75, 3.05) is 0 Å². The van der Waals surface area contributed by atoms with Crippen LogP contribution in [0.5, 0.6) is 11.5 Å². The number of thiophene rings is 1. The Morgan fingerprint density at radius 3 is 2.28 bits per heavy atom. The fourth-order valence-corrected chi connectivity index (χ4v) is 11.3. The van der Waals surface area contributed by atoms with Gasteiger partial charge in [0.2, 0.25) is 0 Å². The molecule has 57 heavy (non-hydrogen) atoms. The molecular formula is C53H36N2OS. The number of para-hydroxylation sites is 1. The third-order valence-electron chi connectivity index (χ3n) is 12.6. The van der Waals surface area contributed by atoms with Crippen molar-refractivity contribution in [2.24, 2.45) is 11.8 Å². The molecule has 3 unspecified atom stereocenters. The summed E-state index contributed by atoms with van der Waals surface area (Å²) in [6, 6.07) is 52.2. The average Bonchev–Trinajstić information content (AvgIpc) is 3.80. The Hall–Kier alpha value is -6.62. The van der Waals surface area contributed by atoms with Crippen LogP contribution in [0.25, 0.3) is 65.2 Å². The van der Waals surface area contributed by atoms with Gasteiger partial charge in [-0.15, -0.1) is 11.3 Å². The minimum Gasteiger partial charge on any atom is -0.457 e. The number of rotatable bonds is 4. The van der Waals surface area contributed by atoms with E-state index in [0.717, 1.165) is 63.5 Å². The first-order valence-electron chi connectivity index (χ1n) is 19.9. The minimum atomic E-state index is -0.338. The summed E-state index contributed by atoms with van der Waals surface area (Å²) in [7, 11) is 0. The lowest BCUT2D eigenvalue weighted by Gasteiger charge is -2.44. The van der Waals surface area contributed by atoms with E-state index < -0.39 is 0 Å². The largest absolute Gasteiger partial charge is 0.457 e. The molecule has 3 heterocycles. The van der Waals surface area contributed by atoms with Gasteiger partial charge in [-0.3, -0.25) is 0 Å². The third kappa shape index (κ3) is 4.90. The van der Waals surface area contributed by atoms with Gasteiger partial charge in [0.15, 0.2) is 5.82 Å². The Bertz CT molecular complexity index is 3080. The quantitative estimate of drug-likeness (QED) is 0.180. The van der Waals surface area contributed by atoms with Crippen molar-refractivity contribution in [3.05, 3.63) is 204 Å². The maximum absolute atomic E-state index is 6.81. The smallest absolute Gasteiger partial charge is 0.160 e. The summed E-state index contributed by atoms with van der Waals surface area (Å²) in [4.78, 5) is 10.5. The summed E-state index contributed by atoms with van der Waals surface area (Å²) in [6.07, 6.45) is 16.2. The lowest BCUT2D eigenvalue weighted by molar-refractivity contribution is 0.354. The number of fused-ring (bicyclic) bond motifs is 11. The molecule has 4 aliphatic rings. The monoisotopic (exact) mass is 748 g/mol. The highest BCUT2D eigenvalue weighted by molar-refractivity contribution is 7.25. The number of aromatic nitrogens is 2. The van der Waals surface area contributed by atoms with E-state index in [9.17, 15) is 0 Å². The molecular weight excluding hydrogens is 713 g/mol. The number of nitrogens with zero attached hydrogens (tertiary/aromatic N) is 2. The predicted molar refractivity (Wildman–Crippen MR) is 235 cm³/mol. The minimum absolute atomic E-state index is 0.251. The Morgan fingerprint density at radius 1 is 0.579 bits per heavy atom. The second-order valence-corrected chi connectivity index (χ2v) is 16.6. The first-order chi connectivity index (χ1) is 28.2. The highest BCUT2D eigenvalue weighted by Gasteiger charge is 2.57. The van der Waals surface area contributed by atoms with Gasteiger partial charge in [0, 0.05) is 59.8 Å². The highest BCUT2D eigenvalue weighted by atomic mass is 32.1. The second kappa shape index (κ2) is 12.7. The average molecular weight is 749 g/mol. The van der Waals surface area contributed by atoms with Gasteiger partial charge in [-0.2, -0.15) is 0 Å². The predicted octanol–water partition coefficient (Wildman–Crippen LogP) is 13.9. The van der Waals surface area contributed by atoms with Gasteiger partial charge in [0.1, 0.15) is 11.5 Å². The zero-order chi connectivity index (χ0) is 37.5. The summed E-state index contributed by atoms with van der Waals surface area (Å²) in [6.45, 7) is 0. The van der Waals surface area contributed by atoms with E-state index >= 15 is 0 Å². The lowest BCUT2D eigenvalue weighted by Crippen LogP contribution is -2.39. The molecule has 1 spiro atoms. The van der Waals surface area contributed by atoms with Gasteiger partial charge < -0.3 is 4.74 Å². The van der Waals surface area contributed by atoms with Gasteiger partial charge in [0.25, 0.3) is 0 Å². The Kier molecular flexibility index (Phi) is 7.27. The van der Waals surface area contributed by atoms with Crippen LogP contribution in [0.2, 0.25) is 0 Å². The Labute approximate surface area is 335 Å². The molecule has 3 aliphatic carbocycles. The Morgan fingerprint density at radius 2 is 1.33 bits per heavy atom. The molecule has 0 saturated heterocycles. The van der Waals surface area contributed by atoms with E-state index in [-0.39, 0.29) is 11.3 Å². The number of hydrogen-bond donors (Lipinski definition) is 0. The molecule has 2 aromatic heterocycles. The number of benzene rings is 6. The van der Waals surface area contributed by atoms with Crippen molar-refractivity contribution < 1.29 is 4.74 Å². The zero-order valence-corrected chi connectivity index (χ0v) is 31.9. The van der Waals surface area contributed by atoms with E-state index in [1.54, 1.807) is 0 Å². The van der Waals surface area contributed by atoms with Crippen LogP contribution in [-0.4, -0.2) is 9.97 Å². The topological polar surface area (TPSA) is 35.0 Å². The van der Waals surface area contributed by atoms with Gasteiger partial charge in [0.05, 0.1) is 16.8 Å². The van der Waals surface area contributed by atoms with Crippen LogP contribution in [-0.2, 0) is 5.41 Å². The van der Waals surface area contributed by atoms with Crippen LogP contribution < -0.4 is 4.74 Å². The molecule has 3 atom stereocenters. The van der Waals surface area contributed by atoms with Crippen LogP contribution in [0, 0.1) is 11.8 Å². The second-order valence-electron chi connectivity index (χ2n) is 15.5. The van der Waals surface area contributed by atoms with Crippen molar-refractivity contribution in [1.29, 1.82) is 0 Å². The summed E-state index contributed by atoms with van der Waals surface area (Å²) >= 11 is 1.83. The third-order valence-corrected chi connectivity index (χ3v) is 13.7. The Balaban J connectivity index is 1.05. The van der Waals surface area contributed by atoms with Crippen molar-refractivity contribution in [2.45, 2.75) is 18.3 Å². The highest BCUT2D eigenvalue weighted by Crippen LogP contribution is 2.65. The molecule has 6 aromatic carbocycles. The van der Waals surface area contributed by atoms with Crippen LogP contribution in [0.3, 0.4) is 0 Å². The van der Waals surface area contributed by atoms with Crippen LogP contribution in [0.15, 0.2) is 193 Å². The lowest BCUT2D eigenvalue weighted by atomic mass is 9.60. The molecule has 0 fully saturated rings. The van der Waals surface area contributed by atoms with Gasteiger partial charge in [-0.1, -0.05) is 151 Å². The zero-order valence-electron chi connectivity index (χ0n) is 31.1. The molecule has 0 radical (unpaired) electrons. The van der Waals surface area contributed by atoms with E-state index in [0.29, 0.717) is 11.7 Å². The van der Waals surface area contributed by atoms with Crippen LogP contribution in [0.1, 0.15) is 24.0 Å². The summed E-state index contributed by atoms with van der Waals surface area (Å²) in [5, 5.41) is 2.57. The van der Waals surface area contributed by atoms with Crippen LogP contribution >= 0.6 is 11.3 Å². The van der Waals surface area contributed by atoms with Crippen molar-refractivity contribution in [3.8, 4) is 56.5 Å². The van der Waals surface area contributed by atoms with Crippen LogP contribution in [0.4, 0.5) is 0 Å². The summed E-state index contributed by atoms with van der Waals surface area (Å²) in [5.74, 6) is 3.17. The van der Waals surface area contributed by atoms with E-state index in [1.807, 2.05) is 17.4 Å². The van der Waals surface area contributed by atoms with Gasteiger partial charge >= 0.3 is 0 Å². The maximum atomic E-state index is 6.81. The number of hydrogen-bond acceptors (Lipinski definition) is 4. The van der Waals surface area contributed by atoms with Crippen molar-refractivity contribution in [3.63, 3.8) is 0 Å². The molecule has 4 heteroatoms.